The van der Waals surface area contributed by atoms with Gasteiger partial charge in [-0.15, -0.1) is 0 Å². The number of hydrogen-bond acceptors (Lipinski definition) is 5. The van der Waals surface area contributed by atoms with Gasteiger partial charge in [-0.3, -0.25) is 4.72 Å². The van der Waals surface area contributed by atoms with E-state index in [-0.39, 0.29) is 10.6 Å². The summed E-state index contributed by atoms with van der Waals surface area (Å²) in [6.07, 6.45) is 0.399. The van der Waals surface area contributed by atoms with Crippen LogP contribution in [0.5, 0.6) is 0 Å². The zero-order valence-corrected chi connectivity index (χ0v) is 20.9. The van der Waals surface area contributed by atoms with Crippen LogP contribution in [-0.4, -0.2) is 32.7 Å². The fourth-order valence-corrected chi connectivity index (χ4v) is 5.94. The minimum Gasteiger partial charge on any atom is -0.284 e. The predicted molar refractivity (Wildman–Crippen MR) is 135 cm³/mol. The normalized spacial score (nSPS) is 16.4. The molecule has 1 aliphatic heterocycles. The van der Waals surface area contributed by atoms with Crippen molar-refractivity contribution in [1.29, 1.82) is 0 Å². The molecule has 7 nitrogen and oxygen atoms in total. The number of nitrogens with zero attached hydrogens (tertiary/aromatic N) is 2. The molecule has 0 saturated carbocycles. The van der Waals surface area contributed by atoms with E-state index in [2.05, 4.69) is 9.82 Å². The summed E-state index contributed by atoms with van der Waals surface area (Å²) < 4.78 is 54.6. The third-order valence-corrected chi connectivity index (χ3v) is 8.86. The summed E-state index contributed by atoms with van der Waals surface area (Å²) in [6, 6.07) is 20.8. The van der Waals surface area contributed by atoms with Gasteiger partial charge in [0.2, 0.25) is 10.0 Å². The summed E-state index contributed by atoms with van der Waals surface area (Å²) in [5.41, 5.74) is 4.65. The Bertz CT molecular complexity index is 1430. The maximum absolute atomic E-state index is 13.6. The number of hydrazone groups is 1. The van der Waals surface area contributed by atoms with Crippen molar-refractivity contribution in [3.05, 3.63) is 95.1 Å². The molecule has 178 valence electrons. The molecule has 9 heteroatoms. The van der Waals surface area contributed by atoms with Crippen LogP contribution in [0.2, 0.25) is 0 Å². The molecule has 1 atom stereocenters. The zero-order chi connectivity index (χ0) is 24.5. The molecule has 0 amide bonds. The number of nitrogens with one attached hydrogen (secondary N) is 1. The summed E-state index contributed by atoms with van der Waals surface area (Å²) in [6.45, 7) is 5.43. The molecule has 0 bridgehead atoms. The molecule has 3 aromatic rings. The average Bonchev–Trinajstić information content (AvgIpc) is 3.26. The third kappa shape index (κ3) is 4.85. The number of benzene rings is 3. The molecular weight excluding hydrogens is 470 g/mol. The fraction of sp³-hybridized carbons (Fsp3) is 0.240. The van der Waals surface area contributed by atoms with Crippen LogP contribution in [0.15, 0.2) is 82.8 Å². The van der Waals surface area contributed by atoms with Gasteiger partial charge in [0, 0.05) is 12.1 Å². The van der Waals surface area contributed by atoms with E-state index in [0.717, 1.165) is 22.3 Å². The van der Waals surface area contributed by atoms with Gasteiger partial charge in [0.25, 0.3) is 10.0 Å². The third-order valence-electron chi connectivity index (χ3n) is 5.86. The number of rotatable bonds is 7. The molecule has 1 N–H and O–H groups in total. The summed E-state index contributed by atoms with van der Waals surface area (Å²) in [7, 11) is -7.28. The first-order chi connectivity index (χ1) is 16.1. The van der Waals surface area contributed by atoms with E-state index in [0.29, 0.717) is 17.8 Å². The lowest BCUT2D eigenvalue weighted by atomic mass is 9.96. The van der Waals surface area contributed by atoms with E-state index >= 15 is 0 Å². The second kappa shape index (κ2) is 9.23. The van der Waals surface area contributed by atoms with Gasteiger partial charge in [0.1, 0.15) is 0 Å². The van der Waals surface area contributed by atoms with Crippen molar-refractivity contribution in [3.8, 4) is 0 Å². The van der Waals surface area contributed by atoms with Crippen LogP contribution in [0.1, 0.15) is 41.6 Å². The van der Waals surface area contributed by atoms with Crippen molar-refractivity contribution in [3.63, 3.8) is 0 Å². The molecule has 1 heterocycles. The lowest BCUT2D eigenvalue weighted by molar-refractivity contribution is 0.370. The molecular formula is C25H27N3O4S2. The van der Waals surface area contributed by atoms with E-state index < -0.39 is 26.1 Å². The van der Waals surface area contributed by atoms with Crippen LogP contribution >= 0.6 is 0 Å². The molecule has 1 unspecified atom stereocenters. The topological polar surface area (TPSA) is 95.9 Å². The lowest BCUT2D eigenvalue weighted by Crippen LogP contribution is -2.27. The molecule has 0 aromatic heterocycles. The Morgan fingerprint density at radius 3 is 2.18 bits per heavy atom. The Morgan fingerprint density at radius 2 is 1.56 bits per heavy atom. The van der Waals surface area contributed by atoms with E-state index in [1.165, 1.54) is 4.41 Å². The number of anilines is 1. The predicted octanol–water partition coefficient (Wildman–Crippen LogP) is 4.61. The molecule has 0 radical (unpaired) electrons. The summed E-state index contributed by atoms with van der Waals surface area (Å²) in [4.78, 5) is 0.186. The molecule has 3 aromatic carbocycles. The summed E-state index contributed by atoms with van der Waals surface area (Å²) in [5, 5.41) is 4.57. The Balaban J connectivity index is 1.73. The van der Waals surface area contributed by atoms with Gasteiger partial charge in [-0.2, -0.15) is 17.9 Å². The highest BCUT2D eigenvalue weighted by Crippen LogP contribution is 2.38. The number of hydrogen-bond donors (Lipinski definition) is 1. The Kier molecular flexibility index (Phi) is 6.51. The maximum Gasteiger partial charge on any atom is 0.279 e. The second-order valence-electron chi connectivity index (χ2n) is 8.30. The first-order valence-corrected chi connectivity index (χ1v) is 14.0. The monoisotopic (exact) mass is 497 g/mol. The van der Waals surface area contributed by atoms with Crippen LogP contribution < -0.4 is 4.72 Å². The fourth-order valence-electron chi connectivity index (χ4n) is 3.88. The van der Waals surface area contributed by atoms with Crippen LogP contribution in [0, 0.1) is 13.8 Å². The Morgan fingerprint density at radius 1 is 0.912 bits per heavy atom. The van der Waals surface area contributed by atoms with E-state index in [9.17, 15) is 16.8 Å². The van der Waals surface area contributed by atoms with Crippen molar-refractivity contribution in [2.75, 3.05) is 10.5 Å². The van der Waals surface area contributed by atoms with Crippen LogP contribution in [0.3, 0.4) is 0 Å². The van der Waals surface area contributed by atoms with Crippen molar-refractivity contribution < 1.29 is 16.8 Å². The van der Waals surface area contributed by atoms with Crippen LogP contribution in [-0.2, 0) is 20.0 Å². The van der Waals surface area contributed by atoms with Gasteiger partial charge < -0.3 is 0 Å². The quantitative estimate of drug-likeness (QED) is 0.516. The minimum absolute atomic E-state index is 0.0224. The van der Waals surface area contributed by atoms with Gasteiger partial charge in [-0.1, -0.05) is 54.1 Å². The van der Waals surface area contributed by atoms with Gasteiger partial charge in [0.15, 0.2) is 0 Å². The first kappa shape index (κ1) is 24.0. The molecule has 1 aliphatic rings. The number of aryl methyl sites for hydroxylation is 2. The molecule has 4 rings (SSSR count). The molecule has 0 aliphatic carbocycles. The van der Waals surface area contributed by atoms with Crippen molar-refractivity contribution in [2.45, 2.75) is 38.1 Å². The highest BCUT2D eigenvalue weighted by atomic mass is 32.2. The first-order valence-electron chi connectivity index (χ1n) is 11.0. The Hall–Kier alpha value is -3.17. The highest BCUT2D eigenvalue weighted by molar-refractivity contribution is 7.92. The van der Waals surface area contributed by atoms with Gasteiger partial charge >= 0.3 is 0 Å². The van der Waals surface area contributed by atoms with Crippen LogP contribution in [0.4, 0.5) is 5.69 Å². The van der Waals surface area contributed by atoms with E-state index in [4.69, 9.17) is 0 Å². The van der Waals surface area contributed by atoms with Crippen molar-refractivity contribution >= 4 is 31.4 Å². The van der Waals surface area contributed by atoms with E-state index in [1.54, 1.807) is 55.5 Å². The largest absolute Gasteiger partial charge is 0.284 e. The van der Waals surface area contributed by atoms with Gasteiger partial charge in [-0.05, 0) is 61.7 Å². The number of sulfonamides is 2. The summed E-state index contributed by atoms with van der Waals surface area (Å²) >= 11 is 0. The van der Waals surface area contributed by atoms with Gasteiger partial charge in [-0.25, -0.2) is 8.42 Å². The standard InChI is InChI=1S/C25H27N3O4S2/c1-4-33(29,30)27-21-13-11-20(12-14-21)24-17-25(23-8-6-5-7-19(23)3)28(26-24)34(31,32)22-15-9-18(2)10-16-22/h5-16,25,27H,4,17H2,1-3H3. The SMILES string of the molecule is CCS(=O)(=O)Nc1ccc(C2=NN(S(=O)(=O)c3ccc(C)cc3)C(c3ccccc3C)C2)cc1. The Labute approximate surface area is 201 Å². The second-order valence-corrected chi connectivity index (χ2v) is 12.1. The average molecular weight is 498 g/mol. The van der Waals surface area contributed by atoms with Crippen molar-refractivity contribution in [2.24, 2.45) is 5.10 Å². The molecule has 0 saturated heterocycles. The molecule has 0 fully saturated rings. The van der Waals surface area contributed by atoms with Crippen molar-refractivity contribution in [1.82, 2.24) is 4.41 Å². The smallest absolute Gasteiger partial charge is 0.279 e. The van der Waals surface area contributed by atoms with Crippen LogP contribution in [0.25, 0.3) is 0 Å². The highest BCUT2D eigenvalue weighted by Gasteiger charge is 2.38. The molecule has 34 heavy (non-hydrogen) atoms. The van der Waals surface area contributed by atoms with E-state index in [1.807, 2.05) is 38.1 Å². The maximum atomic E-state index is 13.6. The summed E-state index contributed by atoms with van der Waals surface area (Å²) in [5.74, 6) is -0.0224. The lowest BCUT2D eigenvalue weighted by Gasteiger charge is -2.24. The minimum atomic E-state index is -3.89. The molecule has 0 spiro atoms. The van der Waals surface area contributed by atoms with Gasteiger partial charge in [0.05, 0.1) is 22.4 Å². The zero-order valence-electron chi connectivity index (χ0n) is 19.3.